The van der Waals surface area contributed by atoms with Crippen LogP contribution in [0.15, 0.2) is 34.9 Å². The average molecular weight is 327 g/mol. The zero-order valence-electron chi connectivity index (χ0n) is 9.64. The van der Waals surface area contributed by atoms with Crippen LogP contribution in [0.4, 0.5) is 5.13 Å². The Bertz CT molecular complexity index is 557. The Balaban J connectivity index is 2.01. The highest BCUT2D eigenvalue weighted by Gasteiger charge is 2.10. The van der Waals surface area contributed by atoms with Crippen LogP contribution in [-0.2, 0) is 11.3 Å². The molecule has 0 fully saturated rings. The molecule has 0 atom stereocenters. The van der Waals surface area contributed by atoms with Crippen LogP contribution >= 0.6 is 27.3 Å². The normalized spacial score (nSPS) is 10.1. The number of nitrogens with one attached hydrogen (secondary N) is 1. The van der Waals surface area contributed by atoms with Crippen molar-refractivity contribution in [3.05, 3.63) is 45.4 Å². The summed E-state index contributed by atoms with van der Waals surface area (Å²) < 4.78 is 5.67. The SMILES string of the molecule is COC(=O)c1cnc(NCc2ccccc2Br)s1. The lowest BCUT2D eigenvalue weighted by atomic mass is 10.2. The first-order chi connectivity index (χ1) is 8.70. The van der Waals surface area contributed by atoms with Crippen molar-refractivity contribution in [1.29, 1.82) is 0 Å². The second-order valence-electron chi connectivity index (χ2n) is 3.47. The monoisotopic (exact) mass is 326 g/mol. The fraction of sp³-hybridized carbons (Fsp3) is 0.167. The maximum Gasteiger partial charge on any atom is 0.349 e. The minimum Gasteiger partial charge on any atom is -0.465 e. The smallest absolute Gasteiger partial charge is 0.349 e. The van der Waals surface area contributed by atoms with Crippen molar-refractivity contribution >= 4 is 38.4 Å². The molecule has 0 spiro atoms. The molecule has 0 radical (unpaired) electrons. The Morgan fingerprint density at radius 1 is 1.50 bits per heavy atom. The number of halogens is 1. The van der Waals surface area contributed by atoms with Gasteiger partial charge in [-0.25, -0.2) is 9.78 Å². The van der Waals surface area contributed by atoms with Gasteiger partial charge >= 0.3 is 5.97 Å². The fourth-order valence-electron chi connectivity index (χ4n) is 1.36. The van der Waals surface area contributed by atoms with Gasteiger partial charge in [0.25, 0.3) is 0 Å². The van der Waals surface area contributed by atoms with Crippen LogP contribution in [0.5, 0.6) is 0 Å². The topological polar surface area (TPSA) is 51.2 Å². The zero-order chi connectivity index (χ0) is 13.0. The summed E-state index contributed by atoms with van der Waals surface area (Å²) in [5.74, 6) is -0.360. The van der Waals surface area contributed by atoms with Gasteiger partial charge in [0, 0.05) is 11.0 Å². The largest absolute Gasteiger partial charge is 0.465 e. The number of methoxy groups -OCH3 is 1. The number of anilines is 1. The summed E-state index contributed by atoms with van der Waals surface area (Å²) in [5, 5.41) is 3.87. The molecule has 18 heavy (non-hydrogen) atoms. The van der Waals surface area contributed by atoms with Gasteiger partial charge in [0.05, 0.1) is 13.3 Å². The van der Waals surface area contributed by atoms with E-state index >= 15 is 0 Å². The summed E-state index contributed by atoms with van der Waals surface area (Å²) in [5.41, 5.74) is 1.13. The molecule has 0 aliphatic heterocycles. The minimum atomic E-state index is -0.360. The van der Waals surface area contributed by atoms with E-state index in [2.05, 4.69) is 31.0 Å². The number of thiazole rings is 1. The molecule has 2 rings (SSSR count). The van der Waals surface area contributed by atoms with Crippen LogP contribution in [0.1, 0.15) is 15.2 Å². The van der Waals surface area contributed by atoms with Gasteiger partial charge in [-0.3, -0.25) is 0 Å². The number of benzene rings is 1. The van der Waals surface area contributed by atoms with Crippen molar-refractivity contribution in [1.82, 2.24) is 4.98 Å². The van der Waals surface area contributed by atoms with E-state index in [0.717, 1.165) is 10.0 Å². The van der Waals surface area contributed by atoms with E-state index in [9.17, 15) is 4.79 Å². The number of rotatable bonds is 4. The fourth-order valence-corrected chi connectivity index (χ4v) is 2.52. The molecular weight excluding hydrogens is 316 g/mol. The first kappa shape index (κ1) is 13.0. The Morgan fingerprint density at radius 3 is 3.00 bits per heavy atom. The standard InChI is InChI=1S/C12H11BrN2O2S/c1-17-11(16)10-7-15-12(18-10)14-6-8-4-2-3-5-9(8)13/h2-5,7H,6H2,1H3,(H,14,15). The molecule has 94 valence electrons. The van der Waals surface area contributed by atoms with E-state index in [1.165, 1.54) is 24.6 Å². The molecule has 0 aliphatic carbocycles. The Labute approximate surface area is 117 Å². The molecule has 1 aromatic carbocycles. The quantitative estimate of drug-likeness (QED) is 0.876. The van der Waals surface area contributed by atoms with Crippen molar-refractivity contribution in [2.75, 3.05) is 12.4 Å². The highest BCUT2D eigenvalue weighted by molar-refractivity contribution is 9.10. The Morgan fingerprint density at radius 2 is 2.28 bits per heavy atom. The van der Waals surface area contributed by atoms with Crippen molar-refractivity contribution in [2.45, 2.75) is 6.54 Å². The van der Waals surface area contributed by atoms with Gasteiger partial charge in [-0.2, -0.15) is 0 Å². The second kappa shape index (κ2) is 5.97. The predicted molar refractivity (Wildman–Crippen MR) is 74.9 cm³/mol. The number of carbonyl (C=O) groups excluding carboxylic acids is 1. The number of nitrogens with zero attached hydrogens (tertiary/aromatic N) is 1. The summed E-state index contributed by atoms with van der Waals surface area (Å²) in [6.45, 7) is 0.648. The van der Waals surface area contributed by atoms with Crippen LogP contribution in [0.3, 0.4) is 0 Å². The van der Waals surface area contributed by atoms with Crippen LogP contribution in [0, 0.1) is 0 Å². The zero-order valence-corrected chi connectivity index (χ0v) is 12.0. The molecule has 6 heteroatoms. The first-order valence-corrected chi connectivity index (χ1v) is 6.83. The molecule has 2 aromatic rings. The van der Waals surface area contributed by atoms with Crippen molar-refractivity contribution in [3.63, 3.8) is 0 Å². The van der Waals surface area contributed by atoms with Gasteiger partial charge in [0.2, 0.25) is 0 Å². The highest BCUT2D eigenvalue weighted by Crippen LogP contribution is 2.21. The molecule has 4 nitrogen and oxygen atoms in total. The average Bonchev–Trinajstić information content (AvgIpc) is 2.86. The van der Waals surface area contributed by atoms with Gasteiger partial charge in [-0.05, 0) is 11.6 Å². The molecule has 0 amide bonds. The number of hydrogen-bond donors (Lipinski definition) is 1. The molecular formula is C12H11BrN2O2S. The third-order valence-corrected chi connectivity index (χ3v) is 3.99. The maximum atomic E-state index is 11.3. The van der Waals surface area contributed by atoms with Gasteiger partial charge in [-0.15, -0.1) is 0 Å². The molecule has 0 aliphatic rings. The van der Waals surface area contributed by atoms with E-state index in [1.54, 1.807) is 0 Å². The van der Waals surface area contributed by atoms with E-state index in [-0.39, 0.29) is 5.97 Å². The van der Waals surface area contributed by atoms with Crippen molar-refractivity contribution in [3.8, 4) is 0 Å². The van der Waals surface area contributed by atoms with Crippen molar-refractivity contribution < 1.29 is 9.53 Å². The van der Waals surface area contributed by atoms with Gasteiger partial charge in [0.15, 0.2) is 5.13 Å². The van der Waals surface area contributed by atoms with E-state index < -0.39 is 0 Å². The van der Waals surface area contributed by atoms with Crippen molar-refractivity contribution in [2.24, 2.45) is 0 Å². The number of aromatic nitrogens is 1. The summed E-state index contributed by atoms with van der Waals surface area (Å²) in [7, 11) is 1.36. The van der Waals surface area contributed by atoms with Crippen LogP contribution in [-0.4, -0.2) is 18.1 Å². The Hall–Kier alpha value is -1.40. The predicted octanol–water partition coefficient (Wildman–Crippen LogP) is 3.30. The number of hydrogen-bond acceptors (Lipinski definition) is 5. The summed E-state index contributed by atoms with van der Waals surface area (Å²) in [6, 6.07) is 7.94. The molecule has 1 heterocycles. The Kier molecular flexibility index (Phi) is 4.33. The van der Waals surface area contributed by atoms with Crippen LogP contribution in [0.2, 0.25) is 0 Å². The maximum absolute atomic E-state index is 11.3. The van der Waals surface area contributed by atoms with Gasteiger partial charge in [0.1, 0.15) is 4.88 Å². The number of carbonyl (C=O) groups is 1. The van der Waals surface area contributed by atoms with Crippen LogP contribution < -0.4 is 5.32 Å². The summed E-state index contributed by atoms with van der Waals surface area (Å²) >= 11 is 4.76. The second-order valence-corrected chi connectivity index (χ2v) is 5.35. The number of ether oxygens (including phenoxy) is 1. The molecule has 0 bridgehead atoms. The molecule has 0 unspecified atom stereocenters. The lowest BCUT2D eigenvalue weighted by Crippen LogP contribution is -1.99. The molecule has 0 saturated heterocycles. The minimum absolute atomic E-state index is 0.360. The van der Waals surface area contributed by atoms with E-state index in [1.807, 2.05) is 24.3 Å². The van der Waals surface area contributed by atoms with Gasteiger partial charge < -0.3 is 10.1 Å². The summed E-state index contributed by atoms with van der Waals surface area (Å²) in [4.78, 5) is 15.9. The van der Waals surface area contributed by atoms with E-state index in [0.29, 0.717) is 16.6 Å². The first-order valence-electron chi connectivity index (χ1n) is 5.22. The third kappa shape index (κ3) is 3.08. The highest BCUT2D eigenvalue weighted by atomic mass is 79.9. The number of esters is 1. The molecule has 1 N–H and O–H groups in total. The van der Waals surface area contributed by atoms with Gasteiger partial charge in [-0.1, -0.05) is 45.5 Å². The lowest BCUT2D eigenvalue weighted by Gasteiger charge is -2.04. The third-order valence-electron chi connectivity index (χ3n) is 2.28. The van der Waals surface area contributed by atoms with Crippen LogP contribution in [0.25, 0.3) is 0 Å². The molecule has 1 aromatic heterocycles. The molecule has 0 saturated carbocycles. The van der Waals surface area contributed by atoms with E-state index in [4.69, 9.17) is 0 Å². The summed E-state index contributed by atoms with van der Waals surface area (Å²) in [6.07, 6.45) is 1.51. The lowest BCUT2D eigenvalue weighted by molar-refractivity contribution is 0.0606.